The predicted octanol–water partition coefficient (Wildman–Crippen LogP) is 3.45. The molecular weight excluding hydrogens is 298 g/mol. The Morgan fingerprint density at radius 3 is 2.88 bits per heavy atom. The lowest BCUT2D eigenvalue weighted by molar-refractivity contribution is 0.783. The molecule has 3 aromatic rings. The van der Waals surface area contributed by atoms with Gasteiger partial charge < -0.3 is 4.98 Å². The minimum atomic E-state index is 0.388. The highest BCUT2D eigenvalue weighted by Gasteiger charge is 2.13. The summed E-state index contributed by atoms with van der Waals surface area (Å²) in [5, 5.41) is 4.63. The fourth-order valence-corrected chi connectivity index (χ4v) is 3.08. The van der Waals surface area contributed by atoms with Gasteiger partial charge >= 0.3 is 0 Å². The molecule has 0 amide bonds. The largest absolute Gasteiger partial charge is 0.348 e. The Labute approximate surface area is 141 Å². The lowest BCUT2D eigenvalue weighted by atomic mass is 9.98. The first-order valence-electron chi connectivity index (χ1n) is 8.40. The molecular formula is C19H21N5. The normalized spacial score (nSPS) is 17.0. The van der Waals surface area contributed by atoms with Crippen molar-refractivity contribution in [3.63, 3.8) is 0 Å². The highest BCUT2D eigenvalue weighted by Crippen LogP contribution is 2.23. The van der Waals surface area contributed by atoms with E-state index in [1.54, 1.807) is 0 Å². The van der Waals surface area contributed by atoms with Gasteiger partial charge in [-0.3, -0.25) is 0 Å². The van der Waals surface area contributed by atoms with Crippen LogP contribution in [0.25, 0.3) is 5.65 Å². The molecule has 1 unspecified atom stereocenters. The minimum Gasteiger partial charge on any atom is -0.348 e. The zero-order chi connectivity index (χ0) is 16.5. The van der Waals surface area contributed by atoms with Crippen molar-refractivity contribution in [2.24, 2.45) is 0 Å². The highest BCUT2D eigenvalue weighted by atomic mass is 15.3. The molecule has 3 aromatic heterocycles. The number of nitrogens with zero attached hydrogens (tertiary/aromatic N) is 4. The molecule has 5 nitrogen and oxygen atoms in total. The quantitative estimate of drug-likeness (QED) is 0.801. The number of fused-ring (bicyclic) bond motifs is 1. The molecule has 0 spiro atoms. The molecule has 0 fully saturated rings. The van der Waals surface area contributed by atoms with Gasteiger partial charge in [-0.25, -0.2) is 14.5 Å². The summed E-state index contributed by atoms with van der Waals surface area (Å²) >= 11 is 0. The summed E-state index contributed by atoms with van der Waals surface area (Å²) in [5.41, 5.74) is 4.31. The van der Waals surface area contributed by atoms with Gasteiger partial charge in [0.2, 0.25) is 0 Å². The highest BCUT2D eigenvalue weighted by molar-refractivity contribution is 5.47. The van der Waals surface area contributed by atoms with Crippen LogP contribution in [0.15, 0.2) is 42.6 Å². The van der Waals surface area contributed by atoms with E-state index >= 15 is 0 Å². The fraction of sp³-hybridized carbons (Fsp3) is 0.316. The van der Waals surface area contributed by atoms with Gasteiger partial charge in [-0.2, -0.15) is 5.10 Å². The monoisotopic (exact) mass is 319 g/mol. The second kappa shape index (κ2) is 6.07. The molecule has 0 aliphatic heterocycles. The van der Waals surface area contributed by atoms with Crippen LogP contribution >= 0.6 is 0 Å². The van der Waals surface area contributed by atoms with Gasteiger partial charge in [0.05, 0.1) is 5.69 Å². The Morgan fingerprint density at radius 2 is 2.08 bits per heavy atom. The van der Waals surface area contributed by atoms with Gasteiger partial charge in [0.15, 0.2) is 11.5 Å². The molecule has 122 valence electrons. The van der Waals surface area contributed by atoms with E-state index in [2.05, 4.69) is 65.4 Å². The molecule has 24 heavy (non-hydrogen) atoms. The Hall–Kier alpha value is -2.69. The number of allylic oxidation sites excluding steroid dienone is 4. The van der Waals surface area contributed by atoms with Crippen LogP contribution < -0.4 is 0 Å². The van der Waals surface area contributed by atoms with Gasteiger partial charge in [0.25, 0.3) is 0 Å². The first kappa shape index (κ1) is 14.9. The molecule has 1 aliphatic carbocycles. The number of rotatable bonds is 4. The van der Waals surface area contributed by atoms with E-state index in [-0.39, 0.29) is 0 Å². The molecule has 0 saturated carbocycles. The number of hydrogen-bond donors (Lipinski definition) is 1. The third-order valence-corrected chi connectivity index (χ3v) is 4.51. The molecule has 0 radical (unpaired) electrons. The number of pyridine rings is 1. The van der Waals surface area contributed by atoms with Crippen LogP contribution in [0.4, 0.5) is 0 Å². The second-order valence-electron chi connectivity index (χ2n) is 6.35. The van der Waals surface area contributed by atoms with Crippen molar-refractivity contribution in [2.75, 3.05) is 0 Å². The van der Waals surface area contributed by atoms with Crippen molar-refractivity contribution in [3.05, 3.63) is 71.2 Å². The third kappa shape index (κ3) is 2.77. The SMILES string of the molecule is Cc1ccc(C)n2nc(CCc3nc(C4C=CC=CC4)c[nH]3)nc12. The van der Waals surface area contributed by atoms with Gasteiger partial charge in [-0.1, -0.05) is 30.4 Å². The maximum atomic E-state index is 4.73. The summed E-state index contributed by atoms with van der Waals surface area (Å²) in [6.07, 6.45) is 13.2. The van der Waals surface area contributed by atoms with E-state index in [0.717, 1.165) is 53.5 Å². The number of nitrogens with one attached hydrogen (secondary N) is 1. The zero-order valence-electron chi connectivity index (χ0n) is 14.0. The molecule has 0 aromatic carbocycles. The Kier molecular flexibility index (Phi) is 3.76. The van der Waals surface area contributed by atoms with Gasteiger partial charge in [-0.15, -0.1) is 0 Å². The van der Waals surface area contributed by atoms with E-state index < -0.39 is 0 Å². The van der Waals surface area contributed by atoms with E-state index in [1.807, 2.05) is 10.7 Å². The Balaban J connectivity index is 1.48. The average Bonchev–Trinajstić information content (AvgIpc) is 3.25. The van der Waals surface area contributed by atoms with Crippen molar-refractivity contribution in [2.45, 2.75) is 39.0 Å². The first-order chi connectivity index (χ1) is 11.7. The number of H-pyrrole nitrogens is 1. The molecule has 1 atom stereocenters. The van der Waals surface area contributed by atoms with Crippen LogP contribution in [0.1, 0.15) is 40.9 Å². The lowest BCUT2D eigenvalue weighted by Gasteiger charge is -2.08. The number of aryl methyl sites for hydroxylation is 4. The number of aromatic nitrogens is 5. The third-order valence-electron chi connectivity index (χ3n) is 4.51. The second-order valence-corrected chi connectivity index (χ2v) is 6.35. The van der Waals surface area contributed by atoms with Crippen molar-refractivity contribution < 1.29 is 0 Å². The van der Waals surface area contributed by atoms with Gasteiger partial charge in [0.1, 0.15) is 5.82 Å². The molecule has 4 rings (SSSR count). The molecule has 1 aliphatic rings. The van der Waals surface area contributed by atoms with Gasteiger partial charge in [0, 0.05) is 30.7 Å². The van der Waals surface area contributed by atoms with Crippen molar-refractivity contribution >= 4 is 5.65 Å². The number of aromatic amines is 1. The molecule has 5 heteroatoms. The summed E-state index contributed by atoms with van der Waals surface area (Å²) in [4.78, 5) is 12.7. The van der Waals surface area contributed by atoms with Crippen molar-refractivity contribution in [1.82, 2.24) is 24.6 Å². The molecule has 0 saturated heterocycles. The standard InChI is InChI=1S/C19H21N5/c1-13-8-9-14(2)24-19(13)22-18(23-24)11-10-17-20-12-16(21-17)15-6-4-3-5-7-15/h3-6,8-9,12,15H,7,10-11H2,1-2H3,(H,20,21). The number of hydrogen-bond acceptors (Lipinski definition) is 3. The minimum absolute atomic E-state index is 0.388. The smallest absolute Gasteiger partial charge is 0.158 e. The van der Waals surface area contributed by atoms with E-state index in [1.165, 1.54) is 0 Å². The van der Waals surface area contributed by atoms with Crippen LogP contribution in [0.5, 0.6) is 0 Å². The van der Waals surface area contributed by atoms with Crippen LogP contribution in [0, 0.1) is 13.8 Å². The fourth-order valence-electron chi connectivity index (χ4n) is 3.08. The van der Waals surface area contributed by atoms with Crippen molar-refractivity contribution in [3.8, 4) is 0 Å². The van der Waals surface area contributed by atoms with E-state index in [4.69, 9.17) is 4.98 Å². The molecule has 3 heterocycles. The summed E-state index contributed by atoms with van der Waals surface area (Å²) in [7, 11) is 0. The van der Waals surface area contributed by atoms with Gasteiger partial charge in [-0.05, 0) is 31.9 Å². The van der Waals surface area contributed by atoms with Crippen LogP contribution in [0.3, 0.4) is 0 Å². The summed E-state index contributed by atoms with van der Waals surface area (Å²) in [6.45, 7) is 4.12. The van der Waals surface area contributed by atoms with Crippen LogP contribution in [-0.4, -0.2) is 24.6 Å². The summed E-state index contributed by atoms with van der Waals surface area (Å²) < 4.78 is 1.93. The maximum absolute atomic E-state index is 4.73. The maximum Gasteiger partial charge on any atom is 0.158 e. The predicted molar refractivity (Wildman–Crippen MR) is 94.1 cm³/mol. The van der Waals surface area contributed by atoms with Crippen LogP contribution in [-0.2, 0) is 12.8 Å². The van der Waals surface area contributed by atoms with E-state index in [0.29, 0.717) is 5.92 Å². The average molecular weight is 319 g/mol. The zero-order valence-corrected chi connectivity index (χ0v) is 14.0. The summed E-state index contributed by atoms with van der Waals surface area (Å²) in [5.74, 6) is 2.25. The lowest BCUT2D eigenvalue weighted by Crippen LogP contribution is -1.99. The van der Waals surface area contributed by atoms with E-state index in [9.17, 15) is 0 Å². The Morgan fingerprint density at radius 1 is 1.17 bits per heavy atom. The summed E-state index contributed by atoms with van der Waals surface area (Å²) in [6, 6.07) is 4.17. The molecule has 1 N–H and O–H groups in total. The number of imidazole rings is 1. The topological polar surface area (TPSA) is 58.9 Å². The Bertz CT molecular complexity index is 890. The molecule has 0 bridgehead atoms. The van der Waals surface area contributed by atoms with Crippen LogP contribution in [0.2, 0.25) is 0 Å². The van der Waals surface area contributed by atoms with Crippen molar-refractivity contribution in [1.29, 1.82) is 0 Å². The first-order valence-corrected chi connectivity index (χ1v) is 8.40.